The van der Waals surface area contributed by atoms with Crippen LogP contribution in [0, 0.1) is 5.82 Å². The minimum atomic E-state index is -0.226. The Morgan fingerprint density at radius 1 is 1.09 bits per heavy atom. The van der Waals surface area contributed by atoms with Crippen LogP contribution < -0.4 is 10.6 Å². The molecule has 0 aliphatic carbocycles. The lowest BCUT2D eigenvalue weighted by atomic mass is 10.1. The molecule has 0 aliphatic rings. The van der Waals surface area contributed by atoms with Crippen molar-refractivity contribution in [3.8, 4) is 0 Å². The van der Waals surface area contributed by atoms with E-state index in [0.29, 0.717) is 6.54 Å². The molecule has 3 nitrogen and oxygen atoms in total. The lowest BCUT2D eigenvalue weighted by Gasteiger charge is -2.18. The van der Waals surface area contributed by atoms with Crippen LogP contribution in [0.25, 0.3) is 0 Å². The topological polar surface area (TPSA) is 36.4 Å². The van der Waals surface area contributed by atoms with Crippen molar-refractivity contribution in [2.75, 3.05) is 6.54 Å². The fourth-order valence-corrected chi connectivity index (χ4v) is 2.11. The second-order valence-corrected chi connectivity index (χ2v) is 5.10. The van der Waals surface area contributed by atoms with Crippen molar-refractivity contribution in [2.45, 2.75) is 26.4 Å². The molecule has 0 saturated heterocycles. The van der Waals surface area contributed by atoms with E-state index >= 15 is 0 Å². The highest BCUT2D eigenvalue weighted by molar-refractivity contribution is 14.0. The summed E-state index contributed by atoms with van der Waals surface area (Å²) >= 11 is 0. The van der Waals surface area contributed by atoms with Crippen LogP contribution in [0.5, 0.6) is 0 Å². The first kappa shape index (κ1) is 19.4. The van der Waals surface area contributed by atoms with E-state index in [0.717, 1.165) is 18.1 Å². The van der Waals surface area contributed by atoms with Crippen LogP contribution in [0.1, 0.15) is 31.0 Å². The lowest BCUT2D eigenvalue weighted by Crippen LogP contribution is -2.38. The van der Waals surface area contributed by atoms with Gasteiger partial charge in [0, 0.05) is 6.54 Å². The molecule has 0 saturated carbocycles. The third kappa shape index (κ3) is 6.56. The van der Waals surface area contributed by atoms with Gasteiger partial charge in [0.25, 0.3) is 0 Å². The summed E-state index contributed by atoms with van der Waals surface area (Å²) in [6.45, 7) is 5.43. The standard InChI is InChI=1S/C18H22FN3.HI/c1-3-20-18(21-13-15-9-11-17(19)12-10-15)22-14(2)16-7-5-4-6-8-16;/h4-12,14H,3,13H2,1-2H3,(H2,20,21,22);1H. The van der Waals surface area contributed by atoms with E-state index < -0.39 is 0 Å². The number of guanidine groups is 1. The van der Waals surface area contributed by atoms with Crippen LogP contribution in [-0.4, -0.2) is 12.5 Å². The number of benzene rings is 2. The van der Waals surface area contributed by atoms with E-state index in [-0.39, 0.29) is 35.8 Å². The van der Waals surface area contributed by atoms with Crippen LogP contribution in [-0.2, 0) is 6.54 Å². The first-order chi connectivity index (χ1) is 10.7. The number of hydrogen-bond acceptors (Lipinski definition) is 1. The predicted octanol–water partition coefficient (Wildman–Crippen LogP) is 4.26. The van der Waals surface area contributed by atoms with E-state index in [1.807, 2.05) is 25.1 Å². The van der Waals surface area contributed by atoms with E-state index in [2.05, 4.69) is 34.7 Å². The van der Waals surface area contributed by atoms with E-state index in [1.54, 1.807) is 12.1 Å². The van der Waals surface area contributed by atoms with Crippen molar-refractivity contribution in [3.05, 3.63) is 71.5 Å². The highest BCUT2D eigenvalue weighted by atomic mass is 127. The van der Waals surface area contributed by atoms with Crippen molar-refractivity contribution in [3.63, 3.8) is 0 Å². The van der Waals surface area contributed by atoms with Crippen molar-refractivity contribution in [2.24, 2.45) is 4.99 Å². The number of hydrogen-bond donors (Lipinski definition) is 2. The van der Waals surface area contributed by atoms with Gasteiger partial charge < -0.3 is 10.6 Å². The maximum Gasteiger partial charge on any atom is 0.192 e. The Bertz CT molecular complexity index is 599. The van der Waals surface area contributed by atoms with Gasteiger partial charge in [-0.3, -0.25) is 0 Å². The highest BCUT2D eigenvalue weighted by Gasteiger charge is 2.06. The van der Waals surface area contributed by atoms with E-state index in [9.17, 15) is 4.39 Å². The summed E-state index contributed by atoms with van der Waals surface area (Å²) in [5, 5.41) is 6.61. The Labute approximate surface area is 154 Å². The third-order valence-electron chi connectivity index (χ3n) is 3.33. The van der Waals surface area contributed by atoms with Gasteiger partial charge in [0.05, 0.1) is 12.6 Å². The number of nitrogens with zero attached hydrogens (tertiary/aromatic N) is 1. The molecule has 0 amide bonds. The summed E-state index contributed by atoms with van der Waals surface area (Å²) in [4.78, 5) is 4.55. The molecule has 0 fully saturated rings. The Morgan fingerprint density at radius 3 is 2.35 bits per heavy atom. The third-order valence-corrected chi connectivity index (χ3v) is 3.33. The highest BCUT2D eigenvalue weighted by Crippen LogP contribution is 2.11. The average molecular weight is 427 g/mol. The molecule has 2 rings (SSSR count). The predicted molar refractivity (Wildman–Crippen MR) is 105 cm³/mol. The summed E-state index contributed by atoms with van der Waals surface area (Å²) < 4.78 is 12.9. The Hall–Kier alpha value is -1.63. The zero-order valence-electron chi connectivity index (χ0n) is 13.4. The van der Waals surface area contributed by atoms with Crippen LogP contribution in [0.3, 0.4) is 0 Å². The number of nitrogens with one attached hydrogen (secondary N) is 2. The zero-order chi connectivity index (χ0) is 15.8. The first-order valence-corrected chi connectivity index (χ1v) is 7.53. The van der Waals surface area contributed by atoms with Crippen molar-refractivity contribution in [1.29, 1.82) is 0 Å². The maximum absolute atomic E-state index is 12.9. The molecule has 2 N–H and O–H groups in total. The Kier molecular flexibility index (Phi) is 8.61. The summed E-state index contributed by atoms with van der Waals surface area (Å²) in [6.07, 6.45) is 0. The second kappa shape index (κ2) is 10.2. The normalized spacial score (nSPS) is 12.2. The molecule has 2 aromatic rings. The largest absolute Gasteiger partial charge is 0.357 e. The molecule has 124 valence electrons. The zero-order valence-corrected chi connectivity index (χ0v) is 15.8. The molecular formula is C18H23FIN3. The van der Waals surface area contributed by atoms with Gasteiger partial charge in [0.1, 0.15) is 5.82 Å². The minimum Gasteiger partial charge on any atom is -0.357 e. The number of halogens is 2. The Balaban J connectivity index is 0.00000264. The van der Waals surface area contributed by atoms with Gasteiger partial charge in [-0.25, -0.2) is 9.38 Å². The molecule has 5 heteroatoms. The quantitative estimate of drug-likeness (QED) is 0.425. The lowest BCUT2D eigenvalue weighted by molar-refractivity contribution is 0.627. The average Bonchev–Trinajstić information content (AvgIpc) is 2.55. The molecule has 0 aliphatic heterocycles. The van der Waals surface area contributed by atoms with Gasteiger partial charge in [-0.15, -0.1) is 24.0 Å². The summed E-state index contributed by atoms with van der Waals surface area (Å²) in [7, 11) is 0. The molecule has 0 aromatic heterocycles. The molecule has 23 heavy (non-hydrogen) atoms. The molecule has 0 radical (unpaired) electrons. The van der Waals surface area contributed by atoms with E-state index in [1.165, 1.54) is 17.7 Å². The fourth-order valence-electron chi connectivity index (χ4n) is 2.11. The second-order valence-electron chi connectivity index (χ2n) is 5.10. The van der Waals surface area contributed by atoms with Gasteiger partial charge in [0.15, 0.2) is 5.96 Å². The molecular weight excluding hydrogens is 404 g/mol. The Morgan fingerprint density at radius 2 is 1.74 bits per heavy atom. The maximum atomic E-state index is 12.9. The summed E-state index contributed by atoms with van der Waals surface area (Å²) in [6, 6.07) is 16.8. The minimum absolute atomic E-state index is 0. The molecule has 2 aromatic carbocycles. The molecule has 0 spiro atoms. The monoisotopic (exact) mass is 427 g/mol. The van der Waals surface area contributed by atoms with Crippen molar-refractivity contribution in [1.82, 2.24) is 10.6 Å². The number of aliphatic imine (C=N–C) groups is 1. The van der Waals surface area contributed by atoms with Crippen LogP contribution in [0.2, 0.25) is 0 Å². The smallest absolute Gasteiger partial charge is 0.192 e. The SMILES string of the molecule is CCNC(=NCc1ccc(F)cc1)NC(C)c1ccccc1.I. The molecule has 0 bridgehead atoms. The van der Waals surface area contributed by atoms with Crippen LogP contribution in [0.15, 0.2) is 59.6 Å². The first-order valence-electron chi connectivity index (χ1n) is 7.53. The molecule has 1 atom stereocenters. The fraction of sp³-hybridized carbons (Fsp3) is 0.278. The summed E-state index contributed by atoms with van der Waals surface area (Å²) in [5.41, 5.74) is 2.18. The van der Waals surface area contributed by atoms with Crippen LogP contribution in [0.4, 0.5) is 4.39 Å². The van der Waals surface area contributed by atoms with Gasteiger partial charge in [-0.05, 0) is 37.1 Å². The van der Waals surface area contributed by atoms with E-state index in [4.69, 9.17) is 0 Å². The van der Waals surface area contributed by atoms with Crippen LogP contribution >= 0.6 is 24.0 Å². The molecule has 0 heterocycles. The van der Waals surface area contributed by atoms with Gasteiger partial charge in [-0.2, -0.15) is 0 Å². The number of rotatable bonds is 5. The van der Waals surface area contributed by atoms with Gasteiger partial charge in [0.2, 0.25) is 0 Å². The summed E-state index contributed by atoms with van der Waals surface area (Å²) in [5.74, 6) is 0.527. The van der Waals surface area contributed by atoms with Crippen molar-refractivity contribution < 1.29 is 4.39 Å². The van der Waals surface area contributed by atoms with Gasteiger partial charge in [-0.1, -0.05) is 42.5 Å². The molecule has 1 unspecified atom stereocenters. The van der Waals surface area contributed by atoms with Gasteiger partial charge >= 0.3 is 0 Å². The van der Waals surface area contributed by atoms with Crippen molar-refractivity contribution >= 4 is 29.9 Å².